The Kier molecular flexibility index (Phi) is 11.6. The fourth-order valence-electron chi connectivity index (χ4n) is 7.58. The Labute approximate surface area is 351 Å². The largest absolute Gasteiger partial charge is 0 e. The molecular weight excluding hydrogens is 939 g/mol. The van der Waals surface area contributed by atoms with E-state index in [2.05, 4.69) is 133 Å². The van der Waals surface area contributed by atoms with Gasteiger partial charge in [0.25, 0.3) is 0 Å². The number of para-hydroxylation sites is 4. The van der Waals surface area contributed by atoms with Crippen LogP contribution in [0.2, 0.25) is 17.3 Å². The van der Waals surface area contributed by atoms with Crippen molar-refractivity contribution in [3.05, 3.63) is 157 Å². The van der Waals surface area contributed by atoms with E-state index in [1.807, 2.05) is 67.7 Å². The molecule has 1 radical (unpaired) electrons. The van der Waals surface area contributed by atoms with Crippen molar-refractivity contribution in [2.45, 2.75) is 63.7 Å². The third kappa shape index (κ3) is 7.83. The van der Waals surface area contributed by atoms with Gasteiger partial charge >= 0.3 is 134 Å². The molecule has 0 fully saturated rings. The van der Waals surface area contributed by atoms with E-state index in [9.17, 15) is 0 Å². The molecule has 4 aromatic heterocycles. The van der Waals surface area contributed by atoms with Crippen LogP contribution in [0.3, 0.4) is 0 Å². The average Bonchev–Trinajstić information content (AvgIpc) is 3.92. The summed E-state index contributed by atoms with van der Waals surface area (Å²) >= 11 is -2.04. The van der Waals surface area contributed by atoms with Crippen molar-refractivity contribution in [3.8, 4) is 39.7 Å². The number of pyridine rings is 1. The normalized spacial score (nSPS) is 11.7. The number of rotatable bonds is 7. The second-order valence-electron chi connectivity index (χ2n) is 16.1. The quantitative estimate of drug-likeness (QED) is 0.118. The van der Waals surface area contributed by atoms with Gasteiger partial charge in [-0.1, -0.05) is 87.2 Å². The predicted molar refractivity (Wildman–Crippen MR) is 235 cm³/mol. The zero-order valence-corrected chi connectivity index (χ0v) is 38.3. The minimum atomic E-state index is -2.04. The number of fused-ring (bicyclic) bond motifs is 4. The van der Waals surface area contributed by atoms with Gasteiger partial charge in [0.05, 0.1) is 22.4 Å². The molecule has 9 rings (SSSR count). The first kappa shape index (κ1) is 40.2. The predicted octanol–water partition coefficient (Wildman–Crippen LogP) is 13.3. The summed E-state index contributed by atoms with van der Waals surface area (Å²) in [4.78, 5) is 9.83. The molecule has 0 N–H and O–H groups in total. The van der Waals surface area contributed by atoms with Gasteiger partial charge < -0.3 is 8.98 Å². The zero-order valence-electron chi connectivity index (χ0n) is 33.8. The number of furan rings is 2. The number of aromatic nitrogens is 3. The first-order valence-corrected chi connectivity index (χ1v) is 26.8. The molecule has 0 aliphatic rings. The topological polar surface area (TPSA) is 57.0 Å². The number of aryl methyl sites for hydroxylation is 1. The molecular formula is C50H47GeIrN3O2-2. The summed E-state index contributed by atoms with van der Waals surface area (Å²) in [6.07, 6.45) is 2.04. The van der Waals surface area contributed by atoms with Crippen molar-refractivity contribution in [1.29, 1.82) is 0 Å². The van der Waals surface area contributed by atoms with Gasteiger partial charge in [0.1, 0.15) is 5.58 Å². The van der Waals surface area contributed by atoms with E-state index < -0.39 is 13.3 Å². The summed E-state index contributed by atoms with van der Waals surface area (Å²) in [5.41, 5.74) is 11.6. The van der Waals surface area contributed by atoms with Crippen LogP contribution in [-0.2, 0) is 20.1 Å². The third-order valence-corrected chi connectivity index (χ3v) is 14.6. The number of nitrogens with zero attached hydrogens (tertiary/aromatic N) is 3. The Morgan fingerprint density at radius 3 is 2.11 bits per heavy atom. The molecule has 4 heterocycles. The van der Waals surface area contributed by atoms with Crippen molar-refractivity contribution in [2.75, 3.05) is 0 Å². The molecule has 5 aromatic carbocycles. The first-order chi connectivity index (χ1) is 27.0. The Bertz CT molecular complexity index is 2800. The minimum Gasteiger partial charge on any atom is 0 e. The summed E-state index contributed by atoms with van der Waals surface area (Å²) in [6.45, 7) is 11.0. The third-order valence-electron chi connectivity index (χ3n) is 10.4. The number of benzene rings is 5. The second-order valence-corrected chi connectivity index (χ2v) is 26.7. The van der Waals surface area contributed by atoms with Gasteiger partial charge in [-0.2, -0.15) is 0 Å². The van der Waals surface area contributed by atoms with Crippen molar-refractivity contribution in [2.24, 2.45) is 0 Å². The van der Waals surface area contributed by atoms with Crippen LogP contribution in [0.5, 0.6) is 0 Å². The smallest absolute Gasteiger partial charge is 0 e. The molecule has 7 heteroatoms. The van der Waals surface area contributed by atoms with Crippen LogP contribution >= 0.6 is 0 Å². The maximum absolute atomic E-state index is 6.40. The van der Waals surface area contributed by atoms with E-state index in [-0.39, 0.29) is 20.1 Å². The SMILES string of the molecule is CC(C)c1cccc(C(C)C)c1-n1c(-c2[c-]ccc3c2oc2ccccc23)nc2ccccc21.Cc1ccc(-c2cc(-c3[c-]cccc3)nc[c]2[Ge]([CH3])([CH3])[CH3])o1.[Ir]. The molecule has 0 aliphatic heterocycles. The van der Waals surface area contributed by atoms with E-state index in [0.717, 1.165) is 67.1 Å². The van der Waals surface area contributed by atoms with Crippen LogP contribution in [0.25, 0.3) is 72.6 Å². The summed E-state index contributed by atoms with van der Waals surface area (Å²) in [5.74, 6) is 10.6. The number of hydrogen-bond donors (Lipinski definition) is 0. The minimum absolute atomic E-state index is 0. The monoisotopic (exact) mass is 988 g/mol. The molecule has 0 unspecified atom stereocenters. The second kappa shape index (κ2) is 16.5. The molecule has 289 valence electrons. The standard InChI is InChI=1S/C31H27N2O.C19H20GeNO.Ir/c1-19(2)21-12-9-13-22(20(3)4)29(21)33-27-17-7-6-16-26(27)32-31(33)25-15-10-14-24-23-11-5-8-18-28(23)34-30(24)25;1-14-10-11-19(22-14)16-12-18(15-8-6-5-7-9-15)21-13-17(16)20(2,3)4;/h5-14,16-20H,1-4H3;5-8,10-13H,1-4H3;/q2*-1;. The van der Waals surface area contributed by atoms with E-state index >= 15 is 0 Å². The van der Waals surface area contributed by atoms with Crippen LogP contribution in [0.4, 0.5) is 0 Å². The summed E-state index contributed by atoms with van der Waals surface area (Å²) in [7, 11) is 0. The van der Waals surface area contributed by atoms with E-state index in [0.29, 0.717) is 11.8 Å². The Hall–Kier alpha value is -5.01. The van der Waals surface area contributed by atoms with Gasteiger partial charge in [-0.3, -0.25) is 4.98 Å². The van der Waals surface area contributed by atoms with E-state index in [4.69, 9.17) is 13.8 Å². The average molecular weight is 987 g/mol. The van der Waals surface area contributed by atoms with Crippen LogP contribution in [-0.4, -0.2) is 27.8 Å². The number of hydrogen-bond acceptors (Lipinski definition) is 4. The fourth-order valence-corrected chi connectivity index (χ4v) is 10.6. The first-order valence-electron chi connectivity index (χ1n) is 19.5. The van der Waals surface area contributed by atoms with E-state index in [1.165, 1.54) is 26.8 Å². The van der Waals surface area contributed by atoms with Crippen LogP contribution in [0.15, 0.2) is 136 Å². The Morgan fingerprint density at radius 1 is 0.702 bits per heavy atom. The number of imidazole rings is 1. The van der Waals surface area contributed by atoms with Gasteiger partial charge in [0, 0.05) is 31.2 Å². The van der Waals surface area contributed by atoms with Crippen molar-refractivity contribution >= 4 is 50.6 Å². The molecule has 0 saturated heterocycles. The van der Waals surface area contributed by atoms with Gasteiger partial charge in [-0.15, -0.1) is 18.2 Å². The van der Waals surface area contributed by atoms with Crippen LogP contribution < -0.4 is 4.40 Å². The van der Waals surface area contributed by atoms with Crippen molar-refractivity contribution in [3.63, 3.8) is 0 Å². The summed E-state index contributed by atoms with van der Waals surface area (Å²) in [5, 5.41) is 2.20. The zero-order chi connectivity index (χ0) is 39.1. The molecule has 0 amide bonds. The molecule has 0 spiro atoms. The molecule has 0 saturated carbocycles. The van der Waals surface area contributed by atoms with Crippen molar-refractivity contribution in [1.82, 2.24) is 14.5 Å². The van der Waals surface area contributed by atoms with Gasteiger partial charge in [0.15, 0.2) is 0 Å². The van der Waals surface area contributed by atoms with E-state index in [1.54, 1.807) is 0 Å². The molecule has 0 bridgehead atoms. The fraction of sp³-hybridized carbons (Fsp3) is 0.200. The van der Waals surface area contributed by atoms with Gasteiger partial charge in [0.2, 0.25) is 0 Å². The van der Waals surface area contributed by atoms with Crippen LogP contribution in [0.1, 0.15) is 56.4 Å². The summed E-state index contributed by atoms with van der Waals surface area (Å²) < 4.78 is 16.0. The van der Waals surface area contributed by atoms with Gasteiger partial charge in [-0.25, -0.2) is 0 Å². The molecule has 5 nitrogen and oxygen atoms in total. The molecule has 9 aromatic rings. The van der Waals surface area contributed by atoms with Crippen molar-refractivity contribution < 1.29 is 28.9 Å². The molecule has 0 aliphatic carbocycles. The Balaban J connectivity index is 0.000000188. The summed E-state index contributed by atoms with van der Waals surface area (Å²) in [6, 6.07) is 48.2. The Morgan fingerprint density at radius 2 is 1.42 bits per heavy atom. The van der Waals surface area contributed by atoms with Crippen LogP contribution in [0, 0.1) is 19.1 Å². The molecule has 0 atom stereocenters. The molecule has 57 heavy (non-hydrogen) atoms. The van der Waals surface area contributed by atoms with Gasteiger partial charge in [-0.05, 0) is 41.2 Å². The maximum atomic E-state index is 6.40. The maximum Gasteiger partial charge on any atom is 0 e.